The molecular weight excluding hydrogens is 469 g/mol. The largest absolute Gasteiger partial charge is 0.381 e. The van der Waals surface area contributed by atoms with Crippen LogP contribution in [0.3, 0.4) is 0 Å². The van der Waals surface area contributed by atoms with E-state index < -0.39 is 14.9 Å². The van der Waals surface area contributed by atoms with Crippen molar-refractivity contribution in [1.29, 1.82) is 0 Å². The molecule has 3 aromatic carbocycles. The van der Waals surface area contributed by atoms with Crippen LogP contribution in [0.5, 0.6) is 0 Å². The van der Waals surface area contributed by atoms with Crippen molar-refractivity contribution in [3.8, 4) is 0 Å². The SMILES string of the molecule is NS(=O)(=O)c1cccc(NCc2ccc(Sc3ccc(Cl)c(Cl)c3)c([N+](=O)[O-])c2)c1. The summed E-state index contributed by atoms with van der Waals surface area (Å²) in [5.41, 5.74) is 1.13. The molecule has 0 fully saturated rings. The van der Waals surface area contributed by atoms with E-state index in [-0.39, 0.29) is 17.1 Å². The number of nitrogens with two attached hydrogens (primary N) is 1. The number of nitrogens with zero attached hydrogens (tertiary/aromatic N) is 1. The number of sulfonamides is 1. The molecule has 0 aliphatic carbocycles. The van der Waals surface area contributed by atoms with Crippen LogP contribution in [0.2, 0.25) is 10.0 Å². The van der Waals surface area contributed by atoms with Gasteiger partial charge in [-0.05, 0) is 48.0 Å². The van der Waals surface area contributed by atoms with Gasteiger partial charge in [0.25, 0.3) is 5.69 Å². The summed E-state index contributed by atoms with van der Waals surface area (Å²) >= 11 is 13.1. The van der Waals surface area contributed by atoms with Crippen molar-refractivity contribution in [3.05, 3.63) is 86.4 Å². The molecule has 11 heteroatoms. The molecular formula is C19H15Cl2N3O4S2. The van der Waals surface area contributed by atoms with Crippen molar-refractivity contribution in [2.24, 2.45) is 5.14 Å². The molecule has 0 heterocycles. The first-order valence-corrected chi connectivity index (χ1v) is 11.5. The summed E-state index contributed by atoms with van der Waals surface area (Å²) in [6, 6.07) is 15.9. The molecule has 0 spiro atoms. The molecule has 3 aromatic rings. The Balaban J connectivity index is 1.80. The maximum absolute atomic E-state index is 11.6. The fourth-order valence-corrected chi connectivity index (χ4v) is 4.42. The van der Waals surface area contributed by atoms with Crippen LogP contribution in [-0.4, -0.2) is 13.3 Å². The van der Waals surface area contributed by atoms with Gasteiger partial charge in [-0.1, -0.05) is 47.1 Å². The highest BCUT2D eigenvalue weighted by molar-refractivity contribution is 7.99. The molecule has 0 saturated heterocycles. The molecule has 0 radical (unpaired) electrons. The molecule has 3 N–H and O–H groups in total. The average molecular weight is 484 g/mol. The van der Waals surface area contributed by atoms with E-state index >= 15 is 0 Å². The number of primary sulfonamides is 1. The second kappa shape index (κ2) is 9.23. The molecule has 7 nitrogen and oxygen atoms in total. The van der Waals surface area contributed by atoms with Crippen molar-refractivity contribution in [2.45, 2.75) is 21.2 Å². The highest BCUT2D eigenvalue weighted by Crippen LogP contribution is 2.37. The molecule has 0 atom stereocenters. The predicted octanol–water partition coefficient (Wildman–Crippen LogP) is 5.31. The van der Waals surface area contributed by atoms with Crippen molar-refractivity contribution in [1.82, 2.24) is 0 Å². The Hall–Kier alpha value is -2.30. The Morgan fingerprint density at radius 2 is 1.80 bits per heavy atom. The maximum Gasteiger partial charge on any atom is 0.283 e. The maximum atomic E-state index is 11.6. The van der Waals surface area contributed by atoms with Gasteiger partial charge >= 0.3 is 0 Å². The molecule has 0 saturated carbocycles. The lowest BCUT2D eigenvalue weighted by atomic mass is 10.2. The van der Waals surface area contributed by atoms with Gasteiger partial charge in [-0.3, -0.25) is 10.1 Å². The lowest BCUT2D eigenvalue weighted by Gasteiger charge is -2.10. The van der Waals surface area contributed by atoms with Crippen molar-refractivity contribution in [2.75, 3.05) is 5.32 Å². The number of nitro benzene ring substituents is 1. The molecule has 0 aliphatic rings. The summed E-state index contributed by atoms with van der Waals surface area (Å²) in [6.45, 7) is 0.257. The van der Waals surface area contributed by atoms with Gasteiger partial charge in [0.1, 0.15) is 0 Å². The zero-order valence-corrected chi connectivity index (χ0v) is 18.4. The Bertz CT molecular complexity index is 1220. The van der Waals surface area contributed by atoms with Crippen molar-refractivity contribution in [3.63, 3.8) is 0 Å². The Morgan fingerprint density at radius 1 is 1.03 bits per heavy atom. The second-order valence-corrected chi connectivity index (χ2v) is 9.65. The van der Waals surface area contributed by atoms with E-state index in [0.29, 0.717) is 26.2 Å². The Labute approximate surface area is 187 Å². The molecule has 0 unspecified atom stereocenters. The van der Waals surface area contributed by atoms with Gasteiger partial charge in [0.05, 0.1) is 24.8 Å². The van der Waals surface area contributed by atoms with E-state index in [4.69, 9.17) is 28.3 Å². The fourth-order valence-electron chi connectivity index (χ4n) is 2.56. The lowest BCUT2D eigenvalue weighted by Crippen LogP contribution is -2.12. The van der Waals surface area contributed by atoms with Crippen LogP contribution in [-0.2, 0) is 16.6 Å². The minimum atomic E-state index is -3.82. The summed E-state index contributed by atoms with van der Waals surface area (Å²) < 4.78 is 22.9. The van der Waals surface area contributed by atoms with Gasteiger partial charge in [0.15, 0.2) is 0 Å². The van der Waals surface area contributed by atoms with Gasteiger partial charge < -0.3 is 5.32 Å². The van der Waals surface area contributed by atoms with Crippen molar-refractivity contribution >= 4 is 56.4 Å². The van der Waals surface area contributed by atoms with E-state index in [0.717, 1.165) is 4.90 Å². The lowest BCUT2D eigenvalue weighted by molar-refractivity contribution is -0.387. The first-order valence-electron chi connectivity index (χ1n) is 8.40. The van der Waals surface area contributed by atoms with Crippen LogP contribution in [0, 0.1) is 10.1 Å². The third kappa shape index (κ3) is 5.65. The third-order valence-electron chi connectivity index (χ3n) is 4.00. The molecule has 30 heavy (non-hydrogen) atoms. The van der Waals surface area contributed by atoms with E-state index in [1.54, 1.807) is 42.5 Å². The zero-order valence-electron chi connectivity index (χ0n) is 15.2. The molecule has 0 amide bonds. The van der Waals surface area contributed by atoms with E-state index in [1.807, 2.05) is 0 Å². The van der Waals surface area contributed by atoms with Gasteiger partial charge in [0.2, 0.25) is 10.0 Å². The normalized spacial score (nSPS) is 11.3. The molecule has 0 bridgehead atoms. The van der Waals surface area contributed by atoms with E-state index in [9.17, 15) is 18.5 Å². The average Bonchev–Trinajstić information content (AvgIpc) is 2.69. The fraction of sp³-hybridized carbons (Fsp3) is 0.0526. The number of nitrogens with one attached hydrogen (secondary N) is 1. The monoisotopic (exact) mass is 483 g/mol. The quantitative estimate of drug-likeness (QED) is 0.347. The van der Waals surface area contributed by atoms with E-state index in [1.165, 1.54) is 30.0 Å². The minimum absolute atomic E-state index is 0.0214. The summed E-state index contributed by atoms with van der Waals surface area (Å²) in [7, 11) is -3.82. The van der Waals surface area contributed by atoms with Crippen molar-refractivity contribution < 1.29 is 13.3 Å². The van der Waals surface area contributed by atoms with Gasteiger partial charge in [-0.25, -0.2) is 13.6 Å². The summed E-state index contributed by atoms with van der Waals surface area (Å²) in [5, 5.41) is 20.5. The molecule has 0 aromatic heterocycles. The van der Waals surface area contributed by atoms with Crippen LogP contribution in [0.15, 0.2) is 75.4 Å². The van der Waals surface area contributed by atoms with Gasteiger partial charge in [-0.2, -0.15) is 0 Å². The predicted molar refractivity (Wildman–Crippen MR) is 119 cm³/mol. The second-order valence-electron chi connectivity index (χ2n) is 6.16. The summed E-state index contributed by atoms with van der Waals surface area (Å²) in [5.74, 6) is 0. The first kappa shape index (κ1) is 22.4. The molecule has 156 valence electrons. The van der Waals surface area contributed by atoms with Gasteiger partial charge in [-0.15, -0.1) is 0 Å². The number of hydrogen-bond donors (Lipinski definition) is 2. The highest BCUT2D eigenvalue weighted by atomic mass is 35.5. The third-order valence-corrected chi connectivity index (χ3v) is 6.70. The Morgan fingerprint density at radius 3 is 2.47 bits per heavy atom. The van der Waals surface area contributed by atoms with Crippen LogP contribution in [0.4, 0.5) is 11.4 Å². The van der Waals surface area contributed by atoms with Crippen LogP contribution in [0.1, 0.15) is 5.56 Å². The molecule has 3 rings (SSSR count). The summed E-state index contributed by atoms with van der Waals surface area (Å²) in [4.78, 5) is 12.3. The van der Waals surface area contributed by atoms with E-state index in [2.05, 4.69) is 5.32 Å². The number of hydrogen-bond acceptors (Lipinski definition) is 6. The van der Waals surface area contributed by atoms with Crippen LogP contribution >= 0.6 is 35.0 Å². The highest BCUT2D eigenvalue weighted by Gasteiger charge is 2.16. The number of nitro groups is 1. The molecule has 0 aliphatic heterocycles. The number of anilines is 1. The minimum Gasteiger partial charge on any atom is -0.381 e. The summed E-state index contributed by atoms with van der Waals surface area (Å²) in [6.07, 6.45) is 0. The first-order chi connectivity index (χ1) is 14.1. The van der Waals surface area contributed by atoms with Crippen LogP contribution in [0.25, 0.3) is 0 Å². The smallest absolute Gasteiger partial charge is 0.283 e. The number of rotatable bonds is 7. The van der Waals surface area contributed by atoms with Gasteiger partial charge in [0, 0.05) is 23.2 Å². The zero-order chi connectivity index (χ0) is 21.9. The number of halogens is 2. The van der Waals surface area contributed by atoms with Crippen LogP contribution < -0.4 is 10.5 Å². The number of benzene rings is 3. The standard InChI is InChI=1S/C19H15Cl2N3O4S2/c20-16-6-5-14(10-17(16)21)29-19-7-4-12(8-18(19)24(25)26)11-23-13-2-1-3-15(9-13)30(22,27)28/h1-10,23H,11H2,(H2,22,27,28). The topological polar surface area (TPSA) is 115 Å². The Kier molecular flexibility index (Phi) is 6.89.